The molecule has 1 amide bonds. The summed E-state index contributed by atoms with van der Waals surface area (Å²) in [5.41, 5.74) is 3.44. The minimum Gasteiger partial charge on any atom is -0.447 e. The monoisotopic (exact) mass is 458 g/mol. The third-order valence-corrected chi connectivity index (χ3v) is 5.94. The molecular weight excluding hydrogens is 439 g/mol. The first-order valence-corrected chi connectivity index (χ1v) is 11.1. The van der Waals surface area contributed by atoms with Gasteiger partial charge < -0.3 is 4.74 Å². The van der Waals surface area contributed by atoms with Gasteiger partial charge in [0.05, 0.1) is 16.3 Å². The van der Waals surface area contributed by atoms with Gasteiger partial charge in [0, 0.05) is 12.5 Å². The standard InChI is InChI=1S/C22H20ClFN4O2S/c1-5-31-22-25-20-18(26-27-22)14-10-11(2)9-12(3)19(14)28(13(4)29)21(30-20)17-15(23)7-6-8-16(17)24/h6-10,21H,5H2,1-4H3/t21-/m0/s1. The van der Waals surface area contributed by atoms with Crippen LogP contribution in [0.5, 0.6) is 5.88 Å². The molecule has 0 saturated carbocycles. The zero-order chi connectivity index (χ0) is 22.3. The molecule has 31 heavy (non-hydrogen) atoms. The Balaban J connectivity index is 2.06. The molecule has 4 rings (SSSR count). The first-order chi connectivity index (χ1) is 14.8. The van der Waals surface area contributed by atoms with E-state index in [9.17, 15) is 9.18 Å². The topological polar surface area (TPSA) is 68.2 Å². The maximum absolute atomic E-state index is 15.0. The highest BCUT2D eigenvalue weighted by atomic mass is 35.5. The number of ether oxygens (including phenoxy) is 1. The van der Waals surface area contributed by atoms with Gasteiger partial charge in [-0.1, -0.05) is 48.0 Å². The van der Waals surface area contributed by atoms with E-state index in [1.54, 1.807) is 6.07 Å². The van der Waals surface area contributed by atoms with Crippen LogP contribution < -0.4 is 9.64 Å². The number of aryl methyl sites for hydroxylation is 2. The molecule has 0 radical (unpaired) electrons. The van der Waals surface area contributed by atoms with Crippen molar-refractivity contribution in [2.45, 2.75) is 39.1 Å². The summed E-state index contributed by atoms with van der Waals surface area (Å²) in [6.45, 7) is 7.21. The van der Waals surface area contributed by atoms with E-state index in [1.165, 1.54) is 35.7 Å². The number of hydrogen-bond donors (Lipinski definition) is 0. The SMILES string of the molecule is CCSc1nnc2c(n1)O[C@@H](c1c(F)cccc1Cl)N(C(C)=O)c1c(C)cc(C)cc1-2. The van der Waals surface area contributed by atoms with Gasteiger partial charge in [0.2, 0.25) is 23.2 Å². The molecule has 1 atom stereocenters. The number of halogens is 2. The van der Waals surface area contributed by atoms with Gasteiger partial charge in [0.15, 0.2) is 5.69 Å². The summed E-state index contributed by atoms with van der Waals surface area (Å²) in [6, 6.07) is 8.20. The van der Waals surface area contributed by atoms with Crippen LogP contribution in [0.4, 0.5) is 10.1 Å². The fraction of sp³-hybridized carbons (Fsp3) is 0.273. The van der Waals surface area contributed by atoms with Gasteiger partial charge in [-0.2, -0.15) is 4.98 Å². The van der Waals surface area contributed by atoms with Crippen molar-refractivity contribution in [3.63, 3.8) is 0 Å². The number of anilines is 1. The van der Waals surface area contributed by atoms with Gasteiger partial charge in [0.1, 0.15) is 5.82 Å². The fourth-order valence-electron chi connectivity index (χ4n) is 3.73. The normalized spacial score (nSPS) is 15.0. The van der Waals surface area contributed by atoms with E-state index in [1.807, 2.05) is 32.9 Å². The molecule has 0 aliphatic carbocycles. The van der Waals surface area contributed by atoms with Crippen molar-refractivity contribution < 1.29 is 13.9 Å². The minimum atomic E-state index is -1.16. The Morgan fingerprint density at radius 3 is 2.74 bits per heavy atom. The second kappa shape index (κ2) is 8.43. The Labute approximate surface area is 188 Å². The summed E-state index contributed by atoms with van der Waals surface area (Å²) < 4.78 is 21.2. The van der Waals surface area contributed by atoms with Gasteiger partial charge in [0.25, 0.3) is 0 Å². The van der Waals surface area contributed by atoms with Crippen LogP contribution in [-0.4, -0.2) is 26.8 Å². The largest absolute Gasteiger partial charge is 0.447 e. The lowest BCUT2D eigenvalue weighted by atomic mass is 10.00. The summed E-state index contributed by atoms with van der Waals surface area (Å²) in [4.78, 5) is 18.8. The Morgan fingerprint density at radius 2 is 2.06 bits per heavy atom. The maximum Gasteiger partial charge on any atom is 0.247 e. The van der Waals surface area contributed by atoms with Crippen LogP contribution >= 0.6 is 23.4 Å². The van der Waals surface area contributed by atoms with E-state index >= 15 is 0 Å². The van der Waals surface area contributed by atoms with Gasteiger partial charge in [-0.3, -0.25) is 9.69 Å². The minimum absolute atomic E-state index is 0.0569. The molecule has 1 aliphatic rings. The average molecular weight is 459 g/mol. The Bertz CT molecular complexity index is 1170. The highest BCUT2D eigenvalue weighted by molar-refractivity contribution is 7.99. The number of thioether (sulfide) groups is 1. The summed E-state index contributed by atoms with van der Waals surface area (Å²) in [6.07, 6.45) is -1.16. The number of rotatable bonds is 3. The second-order valence-electron chi connectivity index (χ2n) is 7.15. The lowest BCUT2D eigenvalue weighted by Gasteiger charge is -2.31. The maximum atomic E-state index is 15.0. The van der Waals surface area contributed by atoms with Crippen molar-refractivity contribution >= 4 is 35.0 Å². The Morgan fingerprint density at radius 1 is 1.29 bits per heavy atom. The molecule has 0 unspecified atom stereocenters. The van der Waals surface area contributed by atoms with Crippen LogP contribution in [0.1, 0.15) is 36.8 Å². The van der Waals surface area contributed by atoms with Crippen molar-refractivity contribution in [2.75, 3.05) is 10.7 Å². The first-order valence-electron chi connectivity index (χ1n) is 9.71. The van der Waals surface area contributed by atoms with Crippen LogP contribution in [-0.2, 0) is 4.79 Å². The van der Waals surface area contributed by atoms with Crippen molar-refractivity contribution in [1.29, 1.82) is 0 Å². The first kappa shape index (κ1) is 21.5. The molecule has 1 aliphatic heterocycles. The van der Waals surface area contributed by atoms with Crippen molar-refractivity contribution in [1.82, 2.24) is 15.2 Å². The second-order valence-corrected chi connectivity index (χ2v) is 8.79. The molecule has 0 saturated heterocycles. The molecule has 0 N–H and O–H groups in total. The lowest BCUT2D eigenvalue weighted by Crippen LogP contribution is -2.37. The highest BCUT2D eigenvalue weighted by Crippen LogP contribution is 2.46. The van der Waals surface area contributed by atoms with Gasteiger partial charge in [-0.15, -0.1) is 10.2 Å². The Hall–Kier alpha value is -2.71. The van der Waals surface area contributed by atoms with Gasteiger partial charge in [-0.05, 0) is 43.4 Å². The molecule has 0 spiro atoms. The predicted molar refractivity (Wildman–Crippen MR) is 119 cm³/mol. The number of nitrogens with zero attached hydrogens (tertiary/aromatic N) is 4. The smallest absolute Gasteiger partial charge is 0.247 e. The van der Waals surface area contributed by atoms with Crippen molar-refractivity contribution in [3.8, 4) is 17.1 Å². The summed E-state index contributed by atoms with van der Waals surface area (Å²) in [5.74, 6) is 0.00706. The third kappa shape index (κ3) is 3.85. The summed E-state index contributed by atoms with van der Waals surface area (Å²) >= 11 is 7.78. The molecule has 0 bridgehead atoms. The molecule has 2 heterocycles. The van der Waals surface area contributed by atoms with Gasteiger partial charge in [-0.25, -0.2) is 4.39 Å². The number of aromatic nitrogens is 3. The number of carbonyl (C=O) groups excluding carboxylic acids is 1. The zero-order valence-electron chi connectivity index (χ0n) is 17.4. The van der Waals surface area contributed by atoms with E-state index in [0.717, 1.165) is 16.9 Å². The van der Waals surface area contributed by atoms with Crippen LogP contribution in [0.15, 0.2) is 35.5 Å². The number of amides is 1. The van der Waals surface area contributed by atoms with E-state index in [2.05, 4.69) is 15.2 Å². The molecule has 0 fully saturated rings. The van der Waals surface area contributed by atoms with Gasteiger partial charge >= 0.3 is 0 Å². The molecule has 6 nitrogen and oxygen atoms in total. The molecular formula is C22H20ClFN4O2S. The number of fused-ring (bicyclic) bond motifs is 3. The van der Waals surface area contributed by atoms with Crippen LogP contribution in [0.2, 0.25) is 5.02 Å². The van der Waals surface area contributed by atoms with Crippen LogP contribution in [0.25, 0.3) is 11.3 Å². The quantitative estimate of drug-likeness (QED) is 0.482. The molecule has 3 aromatic rings. The van der Waals surface area contributed by atoms with E-state index < -0.39 is 12.0 Å². The number of carbonyl (C=O) groups is 1. The summed E-state index contributed by atoms with van der Waals surface area (Å²) in [7, 11) is 0. The predicted octanol–water partition coefficient (Wildman–Crippen LogP) is 5.50. The van der Waals surface area contributed by atoms with Crippen LogP contribution in [0, 0.1) is 19.7 Å². The van der Waals surface area contributed by atoms with Crippen molar-refractivity contribution in [3.05, 3.63) is 57.9 Å². The molecule has 9 heteroatoms. The average Bonchev–Trinajstić information content (AvgIpc) is 2.83. The fourth-order valence-corrected chi connectivity index (χ4v) is 4.49. The van der Waals surface area contributed by atoms with Crippen molar-refractivity contribution in [2.24, 2.45) is 0 Å². The highest BCUT2D eigenvalue weighted by Gasteiger charge is 2.38. The summed E-state index contributed by atoms with van der Waals surface area (Å²) in [5, 5.41) is 9.15. The molecule has 160 valence electrons. The van der Waals surface area contributed by atoms with Crippen LogP contribution in [0.3, 0.4) is 0 Å². The Kier molecular flexibility index (Phi) is 5.85. The number of benzene rings is 2. The molecule has 1 aromatic heterocycles. The zero-order valence-corrected chi connectivity index (χ0v) is 19.0. The lowest BCUT2D eigenvalue weighted by molar-refractivity contribution is -0.118. The molecule has 2 aromatic carbocycles. The third-order valence-electron chi connectivity index (χ3n) is 4.89. The van der Waals surface area contributed by atoms with E-state index in [0.29, 0.717) is 22.1 Å². The number of hydrogen-bond acceptors (Lipinski definition) is 6. The van der Waals surface area contributed by atoms with E-state index in [4.69, 9.17) is 16.3 Å². The van der Waals surface area contributed by atoms with E-state index in [-0.39, 0.29) is 22.4 Å².